The molecule has 0 saturated heterocycles. The molecular formula is C9H10N6O2S. The van der Waals surface area contributed by atoms with Gasteiger partial charge in [-0.1, -0.05) is 0 Å². The maximum Gasteiger partial charge on any atom is 0.339 e. The molecule has 0 fully saturated rings. The summed E-state index contributed by atoms with van der Waals surface area (Å²) >= 11 is 1.13. The largest absolute Gasteiger partial charge is 0.372 e. The smallest absolute Gasteiger partial charge is 0.339 e. The molecular weight excluding hydrogens is 256 g/mol. The van der Waals surface area contributed by atoms with E-state index in [0.717, 1.165) is 11.8 Å². The van der Waals surface area contributed by atoms with Crippen molar-refractivity contribution in [2.45, 2.75) is 10.2 Å². The molecule has 2 N–H and O–H groups in total. The number of nitrogens with zero attached hydrogens (tertiary/aromatic N) is 4. The third kappa shape index (κ3) is 2.56. The summed E-state index contributed by atoms with van der Waals surface area (Å²) in [6.07, 6.45) is 3.12. The van der Waals surface area contributed by atoms with Gasteiger partial charge in [0.05, 0.1) is 12.4 Å². The quantitative estimate of drug-likeness (QED) is 0.718. The Morgan fingerprint density at radius 2 is 2.11 bits per heavy atom. The Morgan fingerprint density at radius 3 is 2.83 bits per heavy atom. The predicted molar refractivity (Wildman–Crippen MR) is 65.8 cm³/mol. The molecule has 8 nitrogen and oxygen atoms in total. The van der Waals surface area contributed by atoms with Crippen LogP contribution in [0.3, 0.4) is 0 Å². The molecule has 2 aromatic heterocycles. The SMILES string of the molecule is CNc1cncc(Sc2nc(=O)c(=O)[nH]n2C)n1. The number of H-pyrrole nitrogens is 1. The van der Waals surface area contributed by atoms with Crippen molar-refractivity contribution in [2.75, 3.05) is 12.4 Å². The first-order chi connectivity index (χ1) is 8.60. The molecule has 0 amide bonds. The Balaban J connectivity index is 2.36. The number of hydrogen-bond acceptors (Lipinski definition) is 7. The number of aryl methyl sites for hydroxylation is 1. The second-order valence-corrected chi connectivity index (χ2v) is 4.28. The van der Waals surface area contributed by atoms with E-state index in [9.17, 15) is 9.59 Å². The van der Waals surface area contributed by atoms with E-state index < -0.39 is 11.1 Å². The van der Waals surface area contributed by atoms with Gasteiger partial charge in [0.15, 0.2) is 5.16 Å². The Hall–Kier alpha value is -2.16. The van der Waals surface area contributed by atoms with Gasteiger partial charge in [-0.2, -0.15) is 4.98 Å². The van der Waals surface area contributed by atoms with E-state index in [0.29, 0.717) is 16.0 Å². The van der Waals surface area contributed by atoms with Gasteiger partial charge in [-0.15, -0.1) is 0 Å². The minimum Gasteiger partial charge on any atom is -0.372 e. The van der Waals surface area contributed by atoms with Crippen molar-refractivity contribution in [3.63, 3.8) is 0 Å². The van der Waals surface area contributed by atoms with Crippen LogP contribution in [0.2, 0.25) is 0 Å². The molecule has 0 aliphatic heterocycles. The Kier molecular flexibility index (Phi) is 3.42. The van der Waals surface area contributed by atoms with Gasteiger partial charge in [-0.3, -0.25) is 24.4 Å². The number of aromatic amines is 1. The average Bonchev–Trinajstić information content (AvgIpc) is 2.36. The highest BCUT2D eigenvalue weighted by Crippen LogP contribution is 2.22. The lowest BCUT2D eigenvalue weighted by Crippen LogP contribution is -2.33. The number of hydrogen-bond donors (Lipinski definition) is 2. The standard InChI is InChI=1S/C9H10N6O2S/c1-10-5-3-11-4-6(12-5)18-9-13-7(16)8(17)14-15(9)2/h3-4H,1-2H3,(H,10,12)(H,14,17). The van der Waals surface area contributed by atoms with E-state index in [-0.39, 0.29) is 0 Å². The molecule has 94 valence electrons. The molecule has 0 aliphatic carbocycles. The second-order valence-electron chi connectivity index (χ2n) is 3.29. The fraction of sp³-hybridized carbons (Fsp3) is 0.222. The molecule has 0 spiro atoms. The van der Waals surface area contributed by atoms with Crippen LogP contribution in [-0.4, -0.2) is 31.8 Å². The molecule has 9 heteroatoms. The lowest BCUT2D eigenvalue weighted by Gasteiger charge is -2.05. The fourth-order valence-corrected chi connectivity index (χ4v) is 1.92. The Bertz CT molecular complexity index is 679. The maximum atomic E-state index is 11.2. The van der Waals surface area contributed by atoms with Gasteiger partial charge >= 0.3 is 11.1 Å². The van der Waals surface area contributed by atoms with Gasteiger partial charge in [0, 0.05) is 14.1 Å². The zero-order valence-electron chi connectivity index (χ0n) is 9.67. The van der Waals surface area contributed by atoms with Crippen molar-refractivity contribution in [1.29, 1.82) is 0 Å². The van der Waals surface area contributed by atoms with E-state index in [2.05, 4.69) is 25.4 Å². The van der Waals surface area contributed by atoms with Gasteiger partial charge in [0.25, 0.3) is 0 Å². The number of nitrogens with one attached hydrogen (secondary N) is 2. The molecule has 0 saturated carbocycles. The van der Waals surface area contributed by atoms with E-state index in [4.69, 9.17) is 0 Å². The van der Waals surface area contributed by atoms with Crippen LogP contribution < -0.4 is 16.4 Å². The summed E-state index contributed by atoms with van der Waals surface area (Å²) in [6, 6.07) is 0. The highest BCUT2D eigenvalue weighted by molar-refractivity contribution is 7.99. The zero-order valence-corrected chi connectivity index (χ0v) is 10.5. The van der Waals surface area contributed by atoms with Crippen molar-refractivity contribution >= 4 is 17.6 Å². The van der Waals surface area contributed by atoms with Gasteiger partial charge < -0.3 is 5.32 Å². The van der Waals surface area contributed by atoms with Gasteiger partial charge in [0.2, 0.25) is 0 Å². The highest BCUT2D eigenvalue weighted by Gasteiger charge is 2.07. The number of rotatable bonds is 3. The average molecular weight is 266 g/mol. The topological polar surface area (TPSA) is 106 Å². The first kappa shape index (κ1) is 12.3. The molecule has 0 bridgehead atoms. The molecule has 2 heterocycles. The summed E-state index contributed by atoms with van der Waals surface area (Å²) in [5, 5.41) is 6.11. The molecule has 0 unspecified atom stereocenters. The number of anilines is 1. The van der Waals surface area contributed by atoms with Crippen molar-refractivity contribution in [3.8, 4) is 0 Å². The summed E-state index contributed by atoms with van der Waals surface area (Å²) in [6.45, 7) is 0. The van der Waals surface area contributed by atoms with Crippen LogP contribution in [0.5, 0.6) is 0 Å². The minimum atomic E-state index is -0.826. The molecule has 0 aromatic carbocycles. The first-order valence-corrected chi connectivity index (χ1v) is 5.77. The maximum absolute atomic E-state index is 11.2. The fourth-order valence-electron chi connectivity index (χ4n) is 1.16. The van der Waals surface area contributed by atoms with Crippen LogP contribution in [0.15, 0.2) is 32.2 Å². The summed E-state index contributed by atoms with van der Waals surface area (Å²) in [7, 11) is 3.32. The highest BCUT2D eigenvalue weighted by atomic mass is 32.2. The molecule has 2 rings (SSSR count). The lowest BCUT2D eigenvalue weighted by molar-refractivity contribution is 0.596. The van der Waals surface area contributed by atoms with Gasteiger partial charge in [-0.25, -0.2) is 4.98 Å². The van der Waals surface area contributed by atoms with E-state index in [1.807, 2.05) is 0 Å². The van der Waals surface area contributed by atoms with Crippen LogP contribution >= 0.6 is 11.8 Å². The summed E-state index contributed by atoms with van der Waals surface area (Å²) < 4.78 is 1.36. The van der Waals surface area contributed by atoms with Crippen LogP contribution in [0.25, 0.3) is 0 Å². The van der Waals surface area contributed by atoms with Crippen molar-refractivity contribution in [3.05, 3.63) is 33.1 Å². The third-order valence-electron chi connectivity index (χ3n) is 2.01. The summed E-state index contributed by atoms with van der Waals surface area (Å²) in [5.74, 6) is 0.606. The van der Waals surface area contributed by atoms with E-state index in [1.165, 1.54) is 4.68 Å². The van der Waals surface area contributed by atoms with Crippen molar-refractivity contribution in [2.24, 2.45) is 7.05 Å². The van der Waals surface area contributed by atoms with E-state index >= 15 is 0 Å². The second kappa shape index (κ2) is 5.00. The molecule has 18 heavy (non-hydrogen) atoms. The van der Waals surface area contributed by atoms with E-state index in [1.54, 1.807) is 26.5 Å². The monoisotopic (exact) mass is 266 g/mol. The third-order valence-corrected chi connectivity index (χ3v) is 2.97. The Morgan fingerprint density at radius 1 is 1.33 bits per heavy atom. The summed E-state index contributed by atoms with van der Waals surface area (Å²) in [5.41, 5.74) is -1.58. The first-order valence-electron chi connectivity index (χ1n) is 4.95. The van der Waals surface area contributed by atoms with Crippen LogP contribution in [0, 0.1) is 0 Å². The lowest BCUT2D eigenvalue weighted by atomic mass is 10.7. The Labute approximate surface area is 105 Å². The predicted octanol–water partition coefficient (Wildman–Crippen LogP) is -0.549. The molecule has 2 aromatic rings. The van der Waals surface area contributed by atoms with Gasteiger partial charge in [-0.05, 0) is 11.8 Å². The molecule has 0 radical (unpaired) electrons. The van der Waals surface area contributed by atoms with Crippen LogP contribution in [-0.2, 0) is 7.05 Å². The summed E-state index contributed by atoms with van der Waals surface area (Å²) in [4.78, 5) is 34.1. The van der Waals surface area contributed by atoms with Crippen LogP contribution in [0.1, 0.15) is 0 Å². The van der Waals surface area contributed by atoms with Crippen molar-refractivity contribution < 1.29 is 0 Å². The zero-order chi connectivity index (χ0) is 13.1. The normalized spacial score (nSPS) is 10.3. The molecule has 0 aliphatic rings. The number of aromatic nitrogens is 5. The van der Waals surface area contributed by atoms with Crippen molar-refractivity contribution in [1.82, 2.24) is 24.7 Å². The van der Waals surface area contributed by atoms with Crippen LogP contribution in [0.4, 0.5) is 5.82 Å². The minimum absolute atomic E-state index is 0.335. The molecule has 0 atom stereocenters. The van der Waals surface area contributed by atoms with Gasteiger partial charge in [0.1, 0.15) is 10.8 Å².